The Hall–Kier alpha value is -0.120. The van der Waals surface area contributed by atoms with Crippen LogP contribution in [0.3, 0.4) is 0 Å². The average Bonchev–Trinajstić information content (AvgIpc) is 2.31. The maximum atomic E-state index is 3.48. The molecule has 0 unspecified atom stereocenters. The molecule has 0 saturated carbocycles. The van der Waals surface area contributed by atoms with Crippen molar-refractivity contribution in [2.45, 2.75) is 45.4 Å². The first-order valence-electron chi connectivity index (χ1n) is 6.97. The number of hydrogen-bond acceptors (Lipinski definition) is 3. The second-order valence-electron chi connectivity index (χ2n) is 4.33. The Morgan fingerprint density at radius 1 is 0.625 bits per heavy atom. The molecule has 0 radical (unpaired) electrons. The summed E-state index contributed by atoms with van der Waals surface area (Å²) >= 11 is 0. The lowest BCUT2D eigenvalue weighted by molar-refractivity contribution is 0.552. The van der Waals surface area contributed by atoms with Gasteiger partial charge in [-0.05, 0) is 59.0 Å². The lowest BCUT2D eigenvalue weighted by atomic mass is 10.1. The van der Waals surface area contributed by atoms with Gasteiger partial charge in [-0.15, -0.1) is 0 Å². The quantitative estimate of drug-likeness (QED) is 0.421. The minimum absolute atomic E-state index is 1.11. The molecule has 0 aliphatic rings. The molecule has 3 nitrogen and oxygen atoms in total. The van der Waals surface area contributed by atoms with Crippen LogP contribution in [0.1, 0.15) is 45.4 Å². The Kier molecular flexibility index (Phi) is 14.8. The molecule has 98 valence electrons. The summed E-state index contributed by atoms with van der Waals surface area (Å²) in [5.74, 6) is 0. The van der Waals surface area contributed by atoms with Gasteiger partial charge in [-0.3, -0.25) is 0 Å². The summed E-state index contributed by atoms with van der Waals surface area (Å²) in [6, 6.07) is 0. The van der Waals surface area contributed by atoms with Gasteiger partial charge in [0, 0.05) is 0 Å². The summed E-state index contributed by atoms with van der Waals surface area (Å²) in [5.41, 5.74) is 0. The summed E-state index contributed by atoms with van der Waals surface area (Å²) < 4.78 is 0. The summed E-state index contributed by atoms with van der Waals surface area (Å²) in [7, 11) is 2.01. The zero-order valence-electron chi connectivity index (χ0n) is 11.3. The van der Waals surface area contributed by atoms with Crippen LogP contribution in [-0.4, -0.2) is 39.8 Å². The van der Waals surface area contributed by atoms with E-state index in [2.05, 4.69) is 22.9 Å². The predicted molar refractivity (Wildman–Crippen MR) is 73.0 cm³/mol. The molecule has 0 amide bonds. The molecule has 0 spiro atoms. The highest BCUT2D eigenvalue weighted by Crippen LogP contribution is 2.01. The van der Waals surface area contributed by atoms with Crippen LogP contribution in [0.15, 0.2) is 0 Å². The molecule has 0 atom stereocenters. The van der Waals surface area contributed by atoms with Crippen LogP contribution in [0.4, 0.5) is 0 Å². The highest BCUT2D eigenvalue weighted by atomic mass is 14.9. The van der Waals surface area contributed by atoms with Gasteiger partial charge in [-0.25, -0.2) is 0 Å². The van der Waals surface area contributed by atoms with Gasteiger partial charge in [0.2, 0.25) is 0 Å². The van der Waals surface area contributed by atoms with Crippen molar-refractivity contribution in [3.05, 3.63) is 0 Å². The summed E-state index contributed by atoms with van der Waals surface area (Å²) in [5, 5.41) is 10.00. The van der Waals surface area contributed by atoms with E-state index in [4.69, 9.17) is 0 Å². The second kappa shape index (κ2) is 14.9. The minimum atomic E-state index is 1.11. The Morgan fingerprint density at radius 2 is 1.19 bits per heavy atom. The van der Waals surface area contributed by atoms with E-state index in [-0.39, 0.29) is 0 Å². The van der Waals surface area contributed by atoms with E-state index in [1.807, 2.05) is 7.05 Å². The lowest BCUT2D eigenvalue weighted by Gasteiger charge is -2.05. The molecule has 0 aromatic heterocycles. The summed E-state index contributed by atoms with van der Waals surface area (Å²) in [4.78, 5) is 0. The third-order valence-corrected chi connectivity index (χ3v) is 2.74. The third kappa shape index (κ3) is 13.9. The van der Waals surface area contributed by atoms with Gasteiger partial charge >= 0.3 is 0 Å². The highest BCUT2D eigenvalue weighted by Gasteiger charge is 1.91. The third-order valence-electron chi connectivity index (χ3n) is 2.74. The first-order valence-corrected chi connectivity index (χ1v) is 6.97. The Balaban J connectivity index is 2.83. The second-order valence-corrected chi connectivity index (χ2v) is 4.33. The Bertz CT molecular complexity index is 104. The molecule has 0 aliphatic heterocycles. The van der Waals surface area contributed by atoms with Gasteiger partial charge in [-0.2, -0.15) is 0 Å². The van der Waals surface area contributed by atoms with Crippen molar-refractivity contribution in [3.63, 3.8) is 0 Å². The number of rotatable bonds is 13. The van der Waals surface area contributed by atoms with E-state index in [0.29, 0.717) is 0 Å². The Labute approximate surface area is 102 Å². The first kappa shape index (κ1) is 15.9. The maximum absolute atomic E-state index is 3.48. The fourth-order valence-electron chi connectivity index (χ4n) is 1.72. The van der Waals surface area contributed by atoms with Gasteiger partial charge in [0.05, 0.1) is 0 Å². The van der Waals surface area contributed by atoms with E-state index in [9.17, 15) is 0 Å². The Morgan fingerprint density at radius 3 is 1.81 bits per heavy atom. The maximum Gasteiger partial charge on any atom is -0.00368 e. The summed E-state index contributed by atoms with van der Waals surface area (Å²) in [6.07, 6.45) is 8.06. The van der Waals surface area contributed by atoms with E-state index in [0.717, 1.165) is 19.6 Å². The van der Waals surface area contributed by atoms with Gasteiger partial charge in [0.1, 0.15) is 0 Å². The van der Waals surface area contributed by atoms with E-state index >= 15 is 0 Å². The first-order chi connectivity index (χ1) is 7.91. The zero-order valence-corrected chi connectivity index (χ0v) is 11.3. The fraction of sp³-hybridized carbons (Fsp3) is 1.00. The smallest absolute Gasteiger partial charge is 0.00368 e. The monoisotopic (exact) mass is 229 g/mol. The molecule has 0 aromatic rings. The van der Waals surface area contributed by atoms with E-state index in [1.54, 1.807) is 0 Å². The molecule has 0 bridgehead atoms. The van der Waals surface area contributed by atoms with E-state index < -0.39 is 0 Å². The number of hydrogen-bond donors (Lipinski definition) is 3. The van der Waals surface area contributed by atoms with Crippen LogP contribution in [-0.2, 0) is 0 Å². The van der Waals surface area contributed by atoms with Crippen molar-refractivity contribution >= 4 is 0 Å². The molecule has 0 heterocycles. The van der Waals surface area contributed by atoms with Gasteiger partial charge in [0.15, 0.2) is 0 Å². The van der Waals surface area contributed by atoms with Gasteiger partial charge < -0.3 is 16.0 Å². The van der Waals surface area contributed by atoms with Crippen LogP contribution >= 0.6 is 0 Å². The topological polar surface area (TPSA) is 36.1 Å². The normalized spacial score (nSPS) is 10.9. The van der Waals surface area contributed by atoms with Gasteiger partial charge in [0.25, 0.3) is 0 Å². The van der Waals surface area contributed by atoms with Crippen molar-refractivity contribution in [2.24, 2.45) is 0 Å². The minimum Gasteiger partial charge on any atom is -0.320 e. The molecule has 3 N–H and O–H groups in total. The van der Waals surface area contributed by atoms with Crippen molar-refractivity contribution in [3.8, 4) is 0 Å². The standard InChI is InChI=1S/C13H31N3/c1-3-15-11-7-5-4-6-8-12-16-13-9-10-14-2/h14-16H,3-13H2,1-2H3. The van der Waals surface area contributed by atoms with Crippen molar-refractivity contribution in [1.29, 1.82) is 0 Å². The van der Waals surface area contributed by atoms with Crippen molar-refractivity contribution in [1.82, 2.24) is 16.0 Å². The van der Waals surface area contributed by atoms with Crippen molar-refractivity contribution < 1.29 is 0 Å². The molecule has 0 aromatic carbocycles. The zero-order chi connectivity index (χ0) is 11.9. The largest absolute Gasteiger partial charge is 0.320 e. The van der Waals surface area contributed by atoms with Crippen molar-refractivity contribution in [2.75, 3.05) is 39.8 Å². The molecule has 16 heavy (non-hydrogen) atoms. The molecule has 0 rings (SSSR count). The van der Waals surface area contributed by atoms with Crippen LogP contribution in [0.25, 0.3) is 0 Å². The summed E-state index contributed by atoms with van der Waals surface area (Å²) in [6.45, 7) is 7.94. The SMILES string of the molecule is CCNCCCCCCCNCCCNC. The van der Waals surface area contributed by atoms with Crippen LogP contribution in [0, 0.1) is 0 Å². The van der Waals surface area contributed by atoms with Crippen LogP contribution < -0.4 is 16.0 Å². The van der Waals surface area contributed by atoms with Crippen LogP contribution in [0.2, 0.25) is 0 Å². The molecule has 0 fully saturated rings. The number of nitrogens with one attached hydrogen (secondary N) is 3. The molecule has 0 saturated heterocycles. The fourth-order valence-corrected chi connectivity index (χ4v) is 1.72. The average molecular weight is 229 g/mol. The molecule has 0 aliphatic carbocycles. The predicted octanol–water partition coefficient (Wildman–Crippen LogP) is 1.75. The van der Waals surface area contributed by atoms with E-state index in [1.165, 1.54) is 51.6 Å². The number of unbranched alkanes of at least 4 members (excludes halogenated alkanes) is 4. The molecular weight excluding hydrogens is 198 g/mol. The van der Waals surface area contributed by atoms with Crippen LogP contribution in [0.5, 0.6) is 0 Å². The molecule has 3 heteroatoms. The highest BCUT2D eigenvalue weighted by molar-refractivity contribution is 4.52. The molecular formula is C13H31N3. The lowest BCUT2D eigenvalue weighted by Crippen LogP contribution is -2.20. The van der Waals surface area contributed by atoms with Gasteiger partial charge in [-0.1, -0.05) is 26.2 Å².